The maximum Gasteiger partial charge on any atom is 0.0688 e. The lowest BCUT2D eigenvalue weighted by molar-refractivity contribution is 0.283. The Kier molecular flexibility index (Phi) is 1.62. The van der Waals surface area contributed by atoms with E-state index in [1.807, 2.05) is 31.4 Å². The third kappa shape index (κ3) is 0.924. The third-order valence-electron chi connectivity index (χ3n) is 2.19. The average Bonchev–Trinajstić information content (AvgIpc) is 2.48. The zero-order valence-corrected chi connectivity index (χ0v) is 6.99. The zero-order chi connectivity index (χ0) is 8.55. The van der Waals surface area contributed by atoms with Crippen molar-refractivity contribution in [3.05, 3.63) is 36.0 Å². The molecule has 0 spiro atoms. The minimum absolute atomic E-state index is 0.112. The number of benzene rings is 1. The fourth-order valence-corrected chi connectivity index (χ4v) is 1.50. The van der Waals surface area contributed by atoms with E-state index in [1.54, 1.807) is 0 Å². The molecule has 1 heterocycles. The molecule has 0 saturated heterocycles. The van der Waals surface area contributed by atoms with E-state index in [9.17, 15) is 0 Å². The lowest BCUT2D eigenvalue weighted by atomic mass is 10.1. The van der Waals surface area contributed by atoms with Crippen LogP contribution in [0.25, 0.3) is 10.9 Å². The Morgan fingerprint density at radius 3 is 2.92 bits per heavy atom. The monoisotopic (exact) mass is 161 g/mol. The van der Waals surface area contributed by atoms with E-state index in [0.29, 0.717) is 0 Å². The van der Waals surface area contributed by atoms with Gasteiger partial charge < -0.3 is 9.67 Å². The van der Waals surface area contributed by atoms with Crippen molar-refractivity contribution in [3.8, 4) is 0 Å². The Morgan fingerprint density at radius 2 is 2.17 bits per heavy atom. The van der Waals surface area contributed by atoms with Crippen LogP contribution in [0.3, 0.4) is 0 Å². The molecule has 2 nitrogen and oxygen atoms in total. The Bertz CT molecular complexity index is 403. The van der Waals surface area contributed by atoms with Crippen LogP contribution in [0, 0.1) is 0 Å². The van der Waals surface area contributed by atoms with E-state index in [-0.39, 0.29) is 6.61 Å². The SMILES string of the molecule is Cn1ccc2c(CO)cccc21. The molecule has 1 aromatic heterocycles. The van der Waals surface area contributed by atoms with Crippen LogP contribution in [0.5, 0.6) is 0 Å². The van der Waals surface area contributed by atoms with Crippen molar-refractivity contribution in [2.24, 2.45) is 7.05 Å². The van der Waals surface area contributed by atoms with Crippen LogP contribution in [-0.4, -0.2) is 9.67 Å². The second-order valence-corrected chi connectivity index (χ2v) is 2.93. The lowest BCUT2D eigenvalue weighted by Gasteiger charge is -1.99. The minimum atomic E-state index is 0.112. The van der Waals surface area contributed by atoms with Gasteiger partial charge in [0.05, 0.1) is 6.61 Å². The van der Waals surface area contributed by atoms with Gasteiger partial charge in [-0.05, 0) is 17.7 Å². The Morgan fingerprint density at radius 1 is 1.33 bits per heavy atom. The summed E-state index contributed by atoms with van der Waals surface area (Å²) < 4.78 is 2.05. The quantitative estimate of drug-likeness (QED) is 0.676. The molecule has 1 aromatic carbocycles. The smallest absolute Gasteiger partial charge is 0.0688 e. The average molecular weight is 161 g/mol. The molecule has 0 bridgehead atoms. The van der Waals surface area contributed by atoms with Crippen LogP contribution < -0.4 is 0 Å². The predicted molar refractivity (Wildman–Crippen MR) is 48.8 cm³/mol. The number of aromatic nitrogens is 1. The van der Waals surface area contributed by atoms with Crippen LogP contribution >= 0.6 is 0 Å². The highest BCUT2D eigenvalue weighted by atomic mass is 16.3. The molecule has 0 amide bonds. The van der Waals surface area contributed by atoms with Crippen molar-refractivity contribution in [1.29, 1.82) is 0 Å². The number of aryl methyl sites for hydroxylation is 1. The Hall–Kier alpha value is -1.28. The molecule has 0 atom stereocenters. The van der Waals surface area contributed by atoms with Crippen molar-refractivity contribution in [1.82, 2.24) is 4.57 Å². The first kappa shape index (κ1) is 7.37. The van der Waals surface area contributed by atoms with Crippen molar-refractivity contribution >= 4 is 10.9 Å². The standard InChI is InChI=1S/C10H11NO/c1-11-6-5-9-8(7-12)3-2-4-10(9)11/h2-6,12H,7H2,1H3. The van der Waals surface area contributed by atoms with Crippen LogP contribution in [0.4, 0.5) is 0 Å². The molecule has 0 aliphatic carbocycles. The van der Waals surface area contributed by atoms with Gasteiger partial charge in [-0.15, -0.1) is 0 Å². The van der Waals surface area contributed by atoms with E-state index >= 15 is 0 Å². The van der Waals surface area contributed by atoms with Gasteiger partial charge >= 0.3 is 0 Å². The van der Waals surface area contributed by atoms with Crippen molar-refractivity contribution in [2.75, 3.05) is 0 Å². The number of nitrogens with zero attached hydrogens (tertiary/aromatic N) is 1. The third-order valence-corrected chi connectivity index (χ3v) is 2.19. The fourth-order valence-electron chi connectivity index (χ4n) is 1.50. The largest absolute Gasteiger partial charge is 0.392 e. The maximum absolute atomic E-state index is 9.04. The number of rotatable bonds is 1. The number of fused-ring (bicyclic) bond motifs is 1. The van der Waals surface area contributed by atoms with Gasteiger partial charge in [0.25, 0.3) is 0 Å². The summed E-state index contributed by atoms with van der Waals surface area (Å²) in [5.41, 5.74) is 2.16. The molecule has 0 aliphatic rings. The van der Waals surface area contributed by atoms with Crippen molar-refractivity contribution in [2.45, 2.75) is 6.61 Å². The van der Waals surface area contributed by atoms with Gasteiger partial charge in [0.15, 0.2) is 0 Å². The van der Waals surface area contributed by atoms with Gasteiger partial charge in [0.1, 0.15) is 0 Å². The van der Waals surface area contributed by atoms with E-state index in [0.717, 1.165) is 10.9 Å². The number of hydrogen-bond acceptors (Lipinski definition) is 1. The summed E-state index contributed by atoms with van der Waals surface area (Å²) in [6.07, 6.45) is 2.00. The topological polar surface area (TPSA) is 25.2 Å². The van der Waals surface area contributed by atoms with Crippen LogP contribution in [0.15, 0.2) is 30.5 Å². The van der Waals surface area contributed by atoms with E-state index < -0.39 is 0 Å². The molecule has 62 valence electrons. The highest BCUT2D eigenvalue weighted by molar-refractivity contribution is 5.83. The fraction of sp³-hybridized carbons (Fsp3) is 0.200. The van der Waals surface area contributed by atoms with Crippen molar-refractivity contribution in [3.63, 3.8) is 0 Å². The zero-order valence-electron chi connectivity index (χ0n) is 6.99. The van der Waals surface area contributed by atoms with Gasteiger partial charge in [-0.1, -0.05) is 12.1 Å². The van der Waals surface area contributed by atoms with E-state index in [1.165, 1.54) is 5.52 Å². The second-order valence-electron chi connectivity index (χ2n) is 2.93. The molecule has 0 saturated carbocycles. The molecule has 2 rings (SSSR count). The molecule has 2 heteroatoms. The molecular weight excluding hydrogens is 150 g/mol. The first-order chi connectivity index (χ1) is 5.83. The summed E-state index contributed by atoms with van der Waals surface area (Å²) in [6, 6.07) is 7.99. The first-order valence-corrected chi connectivity index (χ1v) is 3.96. The van der Waals surface area contributed by atoms with E-state index in [2.05, 4.69) is 10.6 Å². The number of hydrogen-bond donors (Lipinski definition) is 1. The highest BCUT2D eigenvalue weighted by Gasteiger charge is 2.00. The van der Waals surface area contributed by atoms with Crippen LogP contribution in [-0.2, 0) is 13.7 Å². The summed E-state index contributed by atoms with van der Waals surface area (Å²) >= 11 is 0. The van der Waals surface area contributed by atoms with Gasteiger partial charge in [-0.2, -0.15) is 0 Å². The molecule has 12 heavy (non-hydrogen) atoms. The predicted octanol–water partition coefficient (Wildman–Crippen LogP) is 1.67. The molecule has 0 fully saturated rings. The molecule has 1 N–H and O–H groups in total. The summed E-state index contributed by atoms with van der Waals surface area (Å²) in [5.74, 6) is 0. The van der Waals surface area contributed by atoms with E-state index in [4.69, 9.17) is 5.11 Å². The molecule has 0 unspecified atom stereocenters. The van der Waals surface area contributed by atoms with Crippen LogP contribution in [0.2, 0.25) is 0 Å². The van der Waals surface area contributed by atoms with Gasteiger partial charge in [-0.3, -0.25) is 0 Å². The van der Waals surface area contributed by atoms with Gasteiger partial charge in [0.2, 0.25) is 0 Å². The highest BCUT2D eigenvalue weighted by Crippen LogP contribution is 2.18. The van der Waals surface area contributed by atoms with Gasteiger partial charge in [-0.25, -0.2) is 0 Å². The normalized spacial score (nSPS) is 10.8. The Balaban J connectivity index is 2.81. The molecule has 2 aromatic rings. The first-order valence-electron chi connectivity index (χ1n) is 3.96. The number of aliphatic hydroxyl groups excluding tert-OH is 1. The summed E-state index contributed by atoms with van der Waals surface area (Å²) in [7, 11) is 2.00. The molecule has 0 aliphatic heterocycles. The summed E-state index contributed by atoms with van der Waals surface area (Å²) in [6.45, 7) is 0.112. The minimum Gasteiger partial charge on any atom is -0.392 e. The van der Waals surface area contributed by atoms with Crippen LogP contribution in [0.1, 0.15) is 5.56 Å². The summed E-state index contributed by atoms with van der Waals surface area (Å²) in [5, 5.41) is 10.2. The van der Waals surface area contributed by atoms with Crippen molar-refractivity contribution < 1.29 is 5.11 Å². The summed E-state index contributed by atoms with van der Waals surface area (Å²) in [4.78, 5) is 0. The second kappa shape index (κ2) is 2.64. The number of aliphatic hydroxyl groups is 1. The maximum atomic E-state index is 9.04. The molecular formula is C10H11NO. The Labute approximate surface area is 71.1 Å². The lowest BCUT2D eigenvalue weighted by Crippen LogP contribution is -1.86. The molecule has 0 radical (unpaired) electrons. The van der Waals surface area contributed by atoms with Gasteiger partial charge in [0, 0.05) is 24.1 Å².